The molecule has 0 atom stereocenters. The van der Waals surface area contributed by atoms with Crippen molar-refractivity contribution >= 4 is 11.8 Å². The summed E-state index contributed by atoms with van der Waals surface area (Å²) in [5.41, 5.74) is 0. The van der Waals surface area contributed by atoms with Crippen LogP contribution in [0.2, 0.25) is 0 Å². The van der Waals surface area contributed by atoms with Crippen LogP contribution in [0.15, 0.2) is 0 Å². The lowest BCUT2D eigenvalue weighted by Crippen LogP contribution is -2.58. The van der Waals surface area contributed by atoms with Crippen molar-refractivity contribution in [1.82, 2.24) is 20.4 Å². The monoisotopic (exact) mass is 270 g/mol. The molecule has 0 saturated carbocycles. The number of hydrogen-bond donors (Lipinski definition) is 2. The van der Waals surface area contributed by atoms with Crippen LogP contribution >= 0.6 is 0 Å². The van der Waals surface area contributed by atoms with Crippen LogP contribution in [-0.2, 0) is 9.59 Å². The van der Waals surface area contributed by atoms with Crippen LogP contribution in [0.3, 0.4) is 0 Å². The zero-order chi connectivity index (χ0) is 14.4. The van der Waals surface area contributed by atoms with Crippen molar-refractivity contribution < 1.29 is 9.59 Å². The van der Waals surface area contributed by atoms with E-state index in [0.29, 0.717) is 19.1 Å². The molecule has 0 aromatic carbocycles. The Morgan fingerprint density at radius 2 is 1.95 bits per heavy atom. The van der Waals surface area contributed by atoms with Gasteiger partial charge in [-0.25, -0.2) is 0 Å². The molecule has 1 heterocycles. The molecule has 19 heavy (non-hydrogen) atoms. The Morgan fingerprint density at radius 3 is 2.37 bits per heavy atom. The largest absolute Gasteiger partial charge is 0.352 e. The van der Waals surface area contributed by atoms with Gasteiger partial charge in [0.2, 0.25) is 11.8 Å². The summed E-state index contributed by atoms with van der Waals surface area (Å²) in [6.07, 6.45) is 0. The number of rotatable bonds is 7. The van der Waals surface area contributed by atoms with Crippen molar-refractivity contribution in [3.8, 4) is 0 Å². The summed E-state index contributed by atoms with van der Waals surface area (Å²) in [5, 5.41) is 5.99. The zero-order valence-corrected chi connectivity index (χ0v) is 12.4. The molecule has 1 aliphatic rings. The van der Waals surface area contributed by atoms with E-state index in [4.69, 9.17) is 0 Å². The quantitative estimate of drug-likeness (QED) is 0.640. The third-order valence-corrected chi connectivity index (χ3v) is 3.29. The molecule has 1 saturated heterocycles. The van der Waals surface area contributed by atoms with Crippen molar-refractivity contribution in [3.63, 3.8) is 0 Å². The third kappa shape index (κ3) is 5.16. The Bertz CT molecular complexity index is 316. The fourth-order valence-corrected chi connectivity index (χ4v) is 1.94. The van der Waals surface area contributed by atoms with Gasteiger partial charge in [-0.2, -0.15) is 0 Å². The molecule has 0 radical (unpaired) electrons. The van der Waals surface area contributed by atoms with Gasteiger partial charge in [0.15, 0.2) is 0 Å². The average Bonchev–Trinajstić information content (AvgIpc) is 2.21. The second-order valence-corrected chi connectivity index (χ2v) is 5.36. The van der Waals surface area contributed by atoms with Crippen molar-refractivity contribution in [2.45, 2.75) is 32.9 Å². The Labute approximate surface area is 115 Å². The van der Waals surface area contributed by atoms with Crippen LogP contribution in [0.1, 0.15) is 20.8 Å². The summed E-state index contributed by atoms with van der Waals surface area (Å²) in [6, 6.07) is 0.539. The summed E-state index contributed by atoms with van der Waals surface area (Å²) < 4.78 is 0. The minimum Gasteiger partial charge on any atom is -0.352 e. The van der Waals surface area contributed by atoms with Crippen LogP contribution in [0.25, 0.3) is 0 Å². The Kier molecular flexibility index (Phi) is 6.24. The second kappa shape index (κ2) is 7.45. The molecule has 0 spiro atoms. The molecular weight excluding hydrogens is 244 g/mol. The topological polar surface area (TPSA) is 64.7 Å². The van der Waals surface area contributed by atoms with E-state index < -0.39 is 0 Å². The van der Waals surface area contributed by atoms with Crippen LogP contribution in [-0.4, -0.2) is 73.5 Å². The highest BCUT2D eigenvalue weighted by atomic mass is 16.2. The Morgan fingerprint density at radius 1 is 1.32 bits per heavy atom. The lowest BCUT2D eigenvalue weighted by Gasteiger charge is -2.36. The van der Waals surface area contributed by atoms with Crippen LogP contribution < -0.4 is 10.6 Å². The van der Waals surface area contributed by atoms with Gasteiger partial charge in [0, 0.05) is 31.7 Å². The van der Waals surface area contributed by atoms with Gasteiger partial charge in [-0.05, 0) is 27.8 Å². The van der Waals surface area contributed by atoms with E-state index in [1.807, 2.05) is 32.7 Å². The van der Waals surface area contributed by atoms with Gasteiger partial charge in [-0.15, -0.1) is 0 Å². The average molecular weight is 270 g/mol. The molecule has 2 amide bonds. The van der Waals surface area contributed by atoms with Crippen LogP contribution in [0, 0.1) is 0 Å². The first-order chi connectivity index (χ1) is 8.93. The summed E-state index contributed by atoms with van der Waals surface area (Å²) >= 11 is 0. The van der Waals surface area contributed by atoms with E-state index in [1.165, 1.54) is 0 Å². The van der Waals surface area contributed by atoms with Gasteiger partial charge in [-0.1, -0.05) is 0 Å². The van der Waals surface area contributed by atoms with Crippen molar-refractivity contribution in [3.05, 3.63) is 0 Å². The molecule has 0 aromatic heterocycles. The minimum absolute atomic E-state index is 0.0100. The van der Waals surface area contributed by atoms with Crippen molar-refractivity contribution in [2.24, 2.45) is 0 Å². The lowest BCUT2D eigenvalue weighted by molar-refractivity contribution is -0.137. The smallest absolute Gasteiger partial charge is 0.239 e. The fraction of sp³-hybridized carbons (Fsp3) is 0.846. The fourth-order valence-electron chi connectivity index (χ4n) is 1.94. The summed E-state index contributed by atoms with van der Waals surface area (Å²) in [6.45, 7) is 8.65. The maximum Gasteiger partial charge on any atom is 0.239 e. The van der Waals surface area contributed by atoms with E-state index in [2.05, 4.69) is 10.6 Å². The van der Waals surface area contributed by atoms with Gasteiger partial charge in [0.1, 0.15) is 0 Å². The molecule has 1 fully saturated rings. The van der Waals surface area contributed by atoms with Crippen LogP contribution in [0.4, 0.5) is 0 Å². The number of nitrogens with one attached hydrogen (secondary N) is 2. The predicted molar refractivity (Wildman–Crippen MR) is 74.8 cm³/mol. The maximum absolute atomic E-state index is 12.1. The molecule has 2 N–H and O–H groups in total. The SMILES string of the molecule is CCN(CC(=O)NC(C)C)C(=O)CN(C)C1CNC1. The van der Waals surface area contributed by atoms with Gasteiger partial charge in [-0.3, -0.25) is 14.5 Å². The third-order valence-electron chi connectivity index (χ3n) is 3.29. The first-order valence-corrected chi connectivity index (χ1v) is 6.92. The summed E-state index contributed by atoms with van der Waals surface area (Å²) in [7, 11) is 1.95. The normalized spacial score (nSPS) is 15.5. The Balaban J connectivity index is 2.39. The van der Waals surface area contributed by atoms with Crippen molar-refractivity contribution in [1.29, 1.82) is 0 Å². The molecule has 0 aromatic rings. The first kappa shape index (κ1) is 15.9. The van der Waals surface area contributed by atoms with Gasteiger partial charge < -0.3 is 15.5 Å². The van der Waals surface area contributed by atoms with E-state index in [-0.39, 0.29) is 24.4 Å². The number of hydrogen-bond acceptors (Lipinski definition) is 4. The van der Waals surface area contributed by atoms with E-state index in [0.717, 1.165) is 13.1 Å². The van der Waals surface area contributed by atoms with E-state index in [1.54, 1.807) is 4.90 Å². The number of amides is 2. The zero-order valence-electron chi connectivity index (χ0n) is 12.4. The highest BCUT2D eigenvalue weighted by molar-refractivity contribution is 5.85. The highest BCUT2D eigenvalue weighted by Gasteiger charge is 2.25. The Hall–Kier alpha value is -1.14. The number of nitrogens with zero attached hydrogens (tertiary/aromatic N) is 2. The molecule has 1 rings (SSSR count). The molecule has 0 bridgehead atoms. The van der Waals surface area contributed by atoms with Gasteiger partial charge >= 0.3 is 0 Å². The molecular formula is C13H26N4O2. The van der Waals surface area contributed by atoms with Gasteiger partial charge in [0.25, 0.3) is 0 Å². The number of carbonyl (C=O) groups excluding carboxylic acids is 2. The molecule has 6 nitrogen and oxygen atoms in total. The maximum atomic E-state index is 12.1. The van der Waals surface area contributed by atoms with Crippen molar-refractivity contribution in [2.75, 3.05) is 39.8 Å². The second-order valence-electron chi connectivity index (χ2n) is 5.36. The predicted octanol–water partition coefficient (Wildman–Crippen LogP) is -0.737. The molecule has 0 unspecified atom stereocenters. The molecule has 0 aliphatic carbocycles. The van der Waals surface area contributed by atoms with E-state index >= 15 is 0 Å². The molecule has 1 aliphatic heterocycles. The highest BCUT2D eigenvalue weighted by Crippen LogP contribution is 2.02. The van der Waals surface area contributed by atoms with Gasteiger partial charge in [0.05, 0.1) is 13.1 Å². The number of likely N-dealkylation sites (N-methyl/N-ethyl adjacent to an activating group) is 2. The summed E-state index contributed by atoms with van der Waals surface area (Å²) in [5.74, 6) is -0.0889. The standard InChI is InChI=1S/C13H26N4O2/c1-5-17(8-12(18)15-10(2)3)13(19)9-16(4)11-6-14-7-11/h10-11,14H,5-9H2,1-4H3,(H,15,18). The number of carbonyl (C=O) groups is 2. The lowest BCUT2D eigenvalue weighted by atomic mass is 10.1. The molecule has 110 valence electrons. The molecule has 6 heteroatoms. The first-order valence-electron chi connectivity index (χ1n) is 6.92. The van der Waals surface area contributed by atoms with Crippen LogP contribution in [0.5, 0.6) is 0 Å². The summed E-state index contributed by atoms with van der Waals surface area (Å²) in [4.78, 5) is 27.5. The minimum atomic E-state index is -0.0989. The van der Waals surface area contributed by atoms with E-state index in [9.17, 15) is 9.59 Å².